The van der Waals surface area contributed by atoms with Gasteiger partial charge in [0.15, 0.2) is 23.5 Å². The fourth-order valence-corrected chi connectivity index (χ4v) is 4.57. The molecule has 1 aromatic heterocycles. The number of nitrogens with zero attached hydrogens (tertiary/aromatic N) is 2. The first-order valence-electron chi connectivity index (χ1n) is 10.1. The number of benzene rings is 2. The number of aromatic amines is 1. The molecule has 2 aromatic carbocycles. The van der Waals surface area contributed by atoms with Crippen LogP contribution in [0.4, 0.5) is 0 Å². The fraction of sp³-hybridized carbons (Fsp3) is 0.261. The van der Waals surface area contributed by atoms with Gasteiger partial charge in [-0.2, -0.15) is 0 Å². The van der Waals surface area contributed by atoms with Crippen LogP contribution in [0.2, 0.25) is 0 Å². The predicted octanol–water partition coefficient (Wildman–Crippen LogP) is 3.04. The number of methoxy groups -OCH3 is 1. The highest BCUT2D eigenvalue weighted by molar-refractivity contribution is 5.94. The monoisotopic (exact) mass is 419 g/mol. The minimum absolute atomic E-state index is 0.0525. The van der Waals surface area contributed by atoms with E-state index in [-0.39, 0.29) is 19.2 Å². The van der Waals surface area contributed by atoms with Gasteiger partial charge in [0.2, 0.25) is 18.9 Å². The lowest BCUT2D eigenvalue weighted by Gasteiger charge is -2.38. The molecule has 8 nitrogen and oxygen atoms in total. The first-order chi connectivity index (χ1) is 15.2. The average Bonchev–Trinajstić information content (AvgIpc) is 3.50. The molecule has 2 unspecified atom stereocenters. The molecule has 3 aromatic rings. The third-order valence-electron chi connectivity index (χ3n) is 5.98. The third kappa shape index (κ3) is 2.65. The molecule has 6 rings (SSSR count). The zero-order valence-electron chi connectivity index (χ0n) is 17.1. The van der Waals surface area contributed by atoms with Crippen LogP contribution in [-0.2, 0) is 14.3 Å². The second-order valence-corrected chi connectivity index (χ2v) is 7.81. The van der Waals surface area contributed by atoms with Gasteiger partial charge in [0.1, 0.15) is 5.70 Å². The van der Waals surface area contributed by atoms with Crippen LogP contribution >= 0.6 is 0 Å². The Kier molecular flexibility index (Phi) is 3.99. The summed E-state index contributed by atoms with van der Waals surface area (Å²) in [5.74, 6) is 1.91. The molecule has 0 radical (unpaired) electrons. The Bertz CT molecular complexity index is 1230. The van der Waals surface area contributed by atoms with Gasteiger partial charge in [-0.3, -0.25) is 14.6 Å². The number of carbonyl (C=O) groups is 1. The molecule has 0 aliphatic carbocycles. The van der Waals surface area contributed by atoms with Gasteiger partial charge < -0.3 is 23.9 Å². The van der Waals surface area contributed by atoms with Crippen molar-refractivity contribution in [3.05, 3.63) is 65.5 Å². The van der Waals surface area contributed by atoms with Gasteiger partial charge in [-0.25, -0.2) is 0 Å². The summed E-state index contributed by atoms with van der Waals surface area (Å²) in [6.07, 6.45) is 0.881. The molecule has 8 heteroatoms. The SMILES string of the molecule is COC1C2=C(c3c[nH]c4ccccc34)OC(c3ccc4c(c3)OCO4)N2C(=O)CN1C. The summed E-state index contributed by atoms with van der Waals surface area (Å²) in [6, 6.07) is 13.6. The lowest BCUT2D eigenvalue weighted by molar-refractivity contribution is -0.148. The molecule has 3 aliphatic heterocycles. The number of carbonyl (C=O) groups excluding carboxylic acids is 1. The van der Waals surface area contributed by atoms with Gasteiger partial charge in [0.05, 0.1) is 6.54 Å². The standard InChI is InChI=1S/C23H21N3O5/c1-25-11-19(27)26-20(23(25)28-2)21(15-10-24-16-6-4-3-5-14(15)16)31-22(26)13-7-8-17-18(9-13)30-12-29-17/h3-10,22-24H,11-12H2,1-2H3. The van der Waals surface area contributed by atoms with Gasteiger partial charge in [-0.1, -0.05) is 18.2 Å². The summed E-state index contributed by atoms with van der Waals surface area (Å²) < 4.78 is 23.3. The van der Waals surface area contributed by atoms with Crippen LogP contribution in [0.5, 0.6) is 11.5 Å². The number of H-pyrrole nitrogens is 1. The van der Waals surface area contributed by atoms with E-state index in [0.717, 1.165) is 22.0 Å². The van der Waals surface area contributed by atoms with Crippen molar-refractivity contribution in [2.45, 2.75) is 12.5 Å². The number of amides is 1. The second kappa shape index (κ2) is 6.76. The van der Waals surface area contributed by atoms with E-state index in [2.05, 4.69) is 4.98 Å². The molecule has 0 bridgehead atoms. The molecule has 0 spiro atoms. The van der Waals surface area contributed by atoms with Crippen LogP contribution in [0.1, 0.15) is 17.4 Å². The molecule has 1 saturated heterocycles. The van der Waals surface area contributed by atoms with Crippen molar-refractivity contribution in [2.75, 3.05) is 27.5 Å². The zero-order chi connectivity index (χ0) is 21.1. The number of likely N-dealkylation sites (N-methyl/N-ethyl adjacent to an activating group) is 1. The largest absolute Gasteiger partial charge is 0.463 e. The molecule has 3 aliphatic rings. The Morgan fingerprint density at radius 1 is 1.13 bits per heavy atom. The molecule has 31 heavy (non-hydrogen) atoms. The number of piperazine rings is 1. The maximum Gasteiger partial charge on any atom is 0.244 e. The Hall–Kier alpha value is -3.49. The van der Waals surface area contributed by atoms with Crippen LogP contribution in [0.15, 0.2) is 54.4 Å². The average molecular weight is 419 g/mol. The first-order valence-corrected chi connectivity index (χ1v) is 10.1. The van der Waals surface area contributed by atoms with E-state index in [1.54, 1.807) is 12.0 Å². The van der Waals surface area contributed by atoms with Crippen LogP contribution in [0.25, 0.3) is 16.7 Å². The van der Waals surface area contributed by atoms with Gasteiger partial charge in [-0.05, 0) is 31.3 Å². The number of nitrogens with one attached hydrogen (secondary N) is 1. The van der Waals surface area contributed by atoms with Crippen molar-refractivity contribution in [1.29, 1.82) is 0 Å². The van der Waals surface area contributed by atoms with E-state index >= 15 is 0 Å². The van der Waals surface area contributed by atoms with E-state index in [1.165, 1.54) is 0 Å². The minimum Gasteiger partial charge on any atom is -0.463 e. The topological polar surface area (TPSA) is 76.3 Å². The lowest BCUT2D eigenvalue weighted by Crippen LogP contribution is -2.53. The maximum atomic E-state index is 13.2. The summed E-state index contributed by atoms with van der Waals surface area (Å²) in [7, 11) is 3.51. The third-order valence-corrected chi connectivity index (χ3v) is 5.98. The van der Waals surface area contributed by atoms with Gasteiger partial charge in [0.25, 0.3) is 0 Å². The Balaban J connectivity index is 1.52. The van der Waals surface area contributed by atoms with Crippen molar-refractivity contribution < 1.29 is 23.7 Å². The molecule has 158 valence electrons. The summed E-state index contributed by atoms with van der Waals surface area (Å²) in [5, 5.41) is 1.02. The van der Waals surface area contributed by atoms with E-state index in [0.29, 0.717) is 23.0 Å². The van der Waals surface area contributed by atoms with Crippen LogP contribution in [0, 0.1) is 0 Å². The molecule has 4 heterocycles. The van der Waals surface area contributed by atoms with Crippen molar-refractivity contribution >= 4 is 22.6 Å². The number of ether oxygens (including phenoxy) is 4. The number of rotatable bonds is 3. The van der Waals surface area contributed by atoms with E-state index in [4.69, 9.17) is 18.9 Å². The number of para-hydroxylation sites is 1. The zero-order valence-corrected chi connectivity index (χ0v) is 17.1. The Morgan fingerprint density at radius 3 is 2.84 bits per heavy atom. The molecular weight excluding hydrogens is 398 g/mol. The van der Waals surface area contributed by atoms with Crippen LogP contribution < -0.4 is 9.47 Å². The Labute approximate surface area is 178 Å². The van der Waals surface area contributed by atoms with Crippen molar-refractivity contribution in [2.24, 2.45) is 0 Å². The lowest BCUT2D eigenvalue weighted by atomic mass is 10.1. The molecule has 1 N–H and O–H groups in total. The summed E-state index contributed by atoms with van der Waals surface area (Å²) in [4.78, 5) is 20.1. The van der Waals surface area contributed by atoms with Crippen LogP contribution in [-0.4, -0.2) is 54.4 Å². The van der Waals surface area contributed by atoms with Gasteiger partial charge in [0, 0.05) is 35.3 Å². The highest BCUT2D eigenvalue weighted by Gasteiger charge is 2.48. The van der Waals surface area contributed by atoms with Crippen molar-refractivity contribution in [1.82, 2.24) is 14.8 Å². The highest BCUT2D eigenvalue weighted by Crippen LogP contribution is 2.47. The molecule has 1 amide bonds. The predicted molar refractivity (Wildman–Crippen MR) is 112 cm³/mol. The number of hydrogen-bond donors (Lipinski definition) is 1. The van der Waals surface area contributed by atoms with E-state index in [9.17, 15) is 4.79 Å². The maximum absolute atomic E-state index is 13.2. The molecule has 2 atom stereocenters. The molecular formula is C23H21N3O5. The van der Waals surface area contributed by atoms with Gasteiger partial charge >= 0.3 is 0 Å². The number of aromatic nitrogens is 1. The number of hydrogen-bond acceptors (Lipinski definition) is 6. The van der Waals surface area contributed by atoms with Crippen molar-refractivity contribution in [3.63, 3.8) is 0 Å². The smallest absolute Gasteiger partial charge is 0.244 e. The normalized spacial score (nSPS) is 22.9. The fourth-order valence-electron chi connectivity index (χ4n) is 4.57. The summed E-state index contributed by atoms with van der Waals surface area (Å²) in [6.45, 7) is 0.418. The minimum atomic E-state index is -0.619. The quantitative estimate of drug-likeness (QED) is 0.703. The number of fused-ring (bicyclic) bond motifs is 3. The van der Waals surface area contributed by atoms with E-state index in [1.807, 2.05) is 60.6 Å². The highest BCUT2D eigenvalue weighted by atomic mass is 16.7. The Morgan fingerprint density at radius 2 is 1.97 bits per heavy atom. The van der Waals surface area contributed by atoms with Crippen molar-refractivity contribution in [3.8, 4) is 11.5 Å². The summed E-state index contributed by atoms with van der Waals surface area (Å²) >= 11 is 0. The van der Waals surface area contributed by atoms with Crippen LogP contribution in [0.3, 0.4) is 0 Å². The van der Waals surface area contributed by atoms with Gasteiger partial charge in [-0.15, -0.1) is 0 Å². The molecule has 1 fully saturated rings. The second-order valence-electron chi connectivity index (χ2n) is 7.81. The van der Waals surface area contributed by atoms with E-state index < -0.39 is 12.5 Å². The molecule has 0 saturated carbocycles. The first kappa shape index (κ1) is 18.3. The summed E-state index contributed by atoms with van der Waals surface area (Å²) in [5.41, 5.74) is 3.40.